The topological polar surface area (TPSA) is 21.3 Å². The van der Waals surface area contributed by atoms with Crippen molar-refractivity contribution in [3.8, 4) is 5.75 Å². The second-order valence-electron chi connectivity index (χ2n) is 4.82. The lowest BCUT2D eigenvalue weighted by atomic mass is 10.1. The molecule has 0 bridgehead atoms. The van der Waals surface area contributed by atoms with Crippen molar-refractivity contribution in [3.05, 3.63) is 29.3 Å². The Bertz CT molecular complexity index is 403. The van der Waals surface area contributed by atoms with Crippen LogP contribution in [0.2, 0.25) is 0 Å². The highest BCUT2D eigenvalue weighted by molar-refractivity contribution is 5.28. The highest BCUT2D eigenvalue weighted by Crippen LogP contribution is 2.26. The number of halogens is 4. The smallest absolute Gasteiger partial charge is 0.203 e. The molecule has 1 aromatic rings. The summed E-state index contributed by atoms with van der Waals surface area (Å²) in [5.74, 6) is -7.03. The second-order valence-corrected chi connectivity index (χ2v) is 4.82. The molecule has 0 radical (unpaired) electrons. The van der Waals surface area contributed by atoms with E-state index in [1.807, 2.05) is 20.8 Å². The van der Waals surface area contributed by atoms with Crippen LogP contribution in [-0.4, -0.2) is 18.7 Å². The van der Waals surface area contributed by atoms with Gasteiger partial charge in [-0.25, -0.2) is 8.78 Å². The summed E-state index contributed by atoms with van der Waals surface area (Å²) in [5, 5.41) is 3.00. The molecule has 0 saturated heterocycles. The summed E-state index contributed by atoms with van der Waals surface area (Å²) in [6, 6.07) is 0.144. The zero-order valence-corrected chi connectivity index (χ0v) is 10.4. The van der Waals surface area contributed by atoms with E-state index in [0.29, 0.717) is 6.54 Å². The van der Waals surface area contributed by atoms with Crippen LogP contribution in [0.5, 0.6) is 5.75 Å². The fraction of sp³-hybridized carbons (Fsp3) is 0.500. The number of hydrogen-bond acceptors (Lipinski definition) is 2. The maximum absolute atomic E-state index is 13.2. The Morgan fingerprint density at radius 2 is 1.56 bits per heavy atom. The number of rotatable bonds is 4. The average Bonchev–Trinajstić information content (AvgIpc) is 2.24. The first kappa shape index (κ1) is 14.8. The lowest BCUT2D eigenvalue weighted by Crippen LogP contribution is -2.38. The summed E-state index contributed by atoms with van der Waals surface area (Å²) >= 11 is 0. The van der Waals surface area contributed by atoms with E-state index in [-0.39, 0.29) is 18.2 Å². The minimum Gasteiger partial charge on any atom is -0.486 e. The zero-order chi connectivity index (χ0) is 13.9. The fourth-order valence-electron chi connectivity index (χ4n) is 1.26. The van der Waals surface area contributed by atoms with Crippen LogP contribution in [0.1, 0.15) is 20.8 Å². The van der Waals surface area contributed by atoms with Gasteiger partial charge in [-0.3, -0.25) is 0 Å². The molecule has 0 unspecified atom stereocenters. The summed E-state index contributed by atoms with van der Waals surface area (Å²) in [5.41, 5.74) is -0.187. The lowest BCUT2D eigenvalue weighted by Gasteiger charge is -2.20. The molecule has 0 fully saturated rings. The monoisotopic (exact) mass is 265 g/mol. The molecule has 18 heavy (non-hydrogen) atoms. The van der Waals surface area contributed by atoms with Gasteiger partial charge in [0.2, 0.25) is 11.6 Å². The van der Waals surface area contributed by atoms with Crippen LogP contribution in [-0.2, 0) is 0 Å². The molecule has 0 heterocycles. The van der Waals surface area contributed by atoms with E-state index in [1.165, 1.54) is 0 Å². The summed E-state index contributed by atoms with van der Waals surface area (Å²) in [6.07, 6.45) is 0. The molecule has 0 atom stereocenters. The van der Waals surface area contributed by atoms with Gasteiger partial charge in [0, 0.05) is 18.2 Å². The molecular formula is C12H15F4NO. The molecule has 1 N–H and O–H groups in total. The van der Waals surface area contributed by atoms with Gasteiger partial charge in [-0.1, -0.05) is 0 Å². The van der Waals surface area contributed by atoms with Gasteiger partial charge in [-0.15, -0.1) is 0 Å². The van der Waals surface area contributed by atoms with Crippen molar-refractivity contribution in [2.75, 3.05) is 13.2 Å². The highest BCUT2D eigenvalue weighted by atomic mass is 19.2. The van der Waals surface area contributed by atoms with Crippen molar-refractivity contribution in [1.29, 1.82) is 0 Å². The SMILES string of the molecule is CC(C)(C)NCCOc1c(F)c(F)cc(F)c1F. The molecule has 0 aromatic heterocycles. The van der Waals surface area contributed by atoms with Crippen molar-refractivity contribution >= 4 is 0 Å². The molecule has 0 saturated carbocycles. The Labute approximate surface area is 103 Å². The van der Waals surface area contributed by atoms with Gasteiger partial charge in [0.1, 0.15) is 6.61 Å². The predicted octanol–water partition coefficient (Wildman–Crippen LogP) is 3.01. The van der Waals surface area contributed by atoms with Gasteiger partial charge in [0.15, 0.2) is 17.4 Å². The van der Waals surface area contributed by atoms with Crippen molar-refractivity contribution in [1.82, 2.24) is 5.32 Å². The molecule has 0 aliphatic heterocycles. The van der Waals surface area contributed by atoms with Gasteiger partial charge in [0.25, 0.3) is 0 Å². The van der Waals surface area contributed by atoms with Crippen LogP contribution >= 0.6 is 0 Å². The van der Waals surface area contributed by atoms with E-state index in [4.69, 9.17) is 4.74 Å². The second kappa shape index (κ2) is 5.56. The summed E-state index contributed by atoms with van der Waals surface area (Å²) in [6.45, 7) is 5.89. The normalized spacial score (nSPS) is 11.7. The molecule has 1 rings (SSSR count). The van der Waals surface area contributed by atoms with Gasteiger partial charge >= 0.3 is 0 Å². The zero-order valence-electron chi connectivity index (χ0n) is 10.4. The van der Waals surface area contributed by atoms with Gasteiger partial charge in [-0.2, -0.15) is 8.78 Å². The maximum Gasteiger partial charge on any atom is 0.203 e. The van der Waals surface area contributed by atoms with E-state index >= 15 is 0 Å². The maximum atomic E-state index is 13.2. The number of ether oxygens (including phenoxy) is 1. The average molecular weight is 265 g/mol. The van der Waals surface area contributed by atoms with Crippen molar-refractivity contribution in [2.24, 2.45) is 0 Å². The molecule has 0 aliphatic carbocycles. The van der Waals surface area contributed by atoms with Crippen LogP contribution in [0, 0.1) is 23.3 Å². The molecule has 0 amide bonds. The third kappa shape index (κ3) is 3.87. The van der Waals surface area contributed by atoms with Gasteiger partial charge in [0.05, 0.1) is 0 Å². The Morgan fingerprint density at radius 1 is 1.06 bits per heavy atom. The number of hydrogen-bond donors (Lipinski definition) is 1. The van der Waals surface area contributed by atoms with Crippen LogP contribution in [0.15, 0.2) is 6.07 Å². The Balaban J connectivity index is 2.68. The standard InChI is InChI=1S/C12H15F4NO/c1-12(2,3)17-4-5-18-11-9(15)7(13)6-8(14)10(11)16/h6,17H,4-5H2,1-3H3. The molecule has 2 nitrogen and oxygen atoms in total. The van der Waals surface area contributed by atoms with E-state index in [0.717, 1.165) is 0 Å². The lowest BCUT2D eigenvalue weighted by molar-refractivity contribution is 0.257. The predicted molar refractivity (Wildman–Crippen MR) is 59.5 cm³/mol. The Kier molecular flexibility index (Phi) is 4.56. The molecule has 102 valence electrons. The summed E-state index contributed by atoms with van der Waals surface area (Å²) in [4.78, 5) is 0. The van der Waals surface area contributed by atoms with E-state index in [9.17, 15) is 17.6 Å². The van der Waals surface area contributed by atoms with Crippen LogP contribution in [0.25, 0.3) is 0 Å². The molecule has 0 aliphatic rings. The third-order valence-corrected chi connectivity index (χ3v) is 2.08. The van der Waals surface area contributed by atoms with Crippen LogP contribution in [0.3, 0.4) is 0 Å². The first-order valence-electron chi connectivity index (χ1n) is 5.43. The highest BCUT2D eigenvalue weighted by Gasteiger charge is 2.20. The van der Waals surface area contributed by atoms with Crippen molar-refractivity contribution in [2.45, 2.75) is 26.3 Å². The first-order chi connectivity index (χ1) is 8.22. The van der Waals surface area contributed by atoms with Crippen molar-refractivity contribution in [3.63, 3.8) is 0 Å². The molecule has 6 heteroatoms. The molecule has 1 aromatic carbocycles. The third-order valence-electron chi connectivity index (χ3n) is 2.08. The Morgan fingerprint density at radius 3 is 2.00 bits per heavy atom. The minimum atomic E-state index is -1.52. The number of benzene rings is 1. The van der Waals surface area contributed by atoms with Gasteiger partial charge in [-0.05, 0) is 20.8 Å². The van der Waals surface area contributed by atoms with Gasteiger partial charge < -0.3 is 10.1 Å². The van der Waals surface area contributed by atoms with E-state index in [2.05, 4.69) is 5.32 Å². The van der Waals surface area contributed by atoms with Crippen LogP contribution in [0.4, 0.5) is 17.6 Å². The molecular weight excluding hydrogens is 250 g/mol. The quantitative estimate of drug-likeness (QED) is 0.513. The number of nitrogens with one attached hydrogen (secondary N) is 1. The van der Waals surface area contributed by atoms with Crippen molar-refractivity contribution < 1.29 is 22.3 Å². The first-order valence-corrected chi connectivity index (χ1v) is 5.43. The van der Waals surface area contributed by atoms with E-state index in [1.54, 1.807) is 0 Å². The van der Waals surface area contributed by atoms with E-state index < -0.39 is 29.0 Å². The summed E-state index contributed by atoms with van der Waals surface area (Å²) < 4.78 is 56.8. The Hall–Kier alpha value is -1.30. The fourth-order valence-corrected chi connectivity index (χ4v) is 1.26. The van der Waals surface area contributed by atoms with Crippen LogP contribution < -0.4 is 10.1 Å². The largest absolute Gasteiger partial charge is 0.486 e. The minimum absolute atomic E-state index is 0.103. The molecule has 0 spiro atoms. The summed E-state index contributed by atoms with van der Waals surface area (Å²) in [7, 11) is 0.